The third-order valence-electron chi connectivity index (χ3n) is 3.43. The number of methoxy groups -OCH3 is 3. The number of rotatable bonds is 7. The zero-order valence-corrected chi connectivity index (χ0v) is 14.3. The third kappa shape index (κ3) is 4.87. The van der Waals surface area contributed by atoms with Crippen molar-refractivity contribution in [3.63, 3.8) is 0 Å². The second-order valence-corrected chi connectivity index (χ2v) is 5.04. The molecular formula is C18H20N2O5. The van der Waals surface area contributed by atoms with E-state index in [1.54, 1.807) is 49.6 Å². The SMILES string of the molecule is COC(=O)c1ccc(NCC(=O)Nc2ccc(OC)c(OC)c2)cc1. The molecule has 2 N–H and O–H groups in total. The van der Waals surface area contributed by atoms with Gasteiger partial charge in [-0.3, -0.25) is 4.79 Å². The zero-order chi connectivity index (χ0) is 18.2. The molecule has 0 aliphatic rings. The topological polar surface area (TPSA) is 85.9 Å². The Bertz CT molecular complexity index is 744. The molecule has 0 atom stereocenters. The van der Waals surface area contributed by atoms with Crippen LogP contribution in [0, 0.1) is 0 Å². The van der Waals surface area contributed by atoms with Gasteiger partial charge >= 0.3 is 5.97 Å². The number of hydrogen-bond donors (Lipinski definition) is 2. The molecule has 0 aromatic heterocycles. The first-order valence-electron chi connectivity index (χ1n) is 7.51. The summed E-state index contributed by atoms with van der Waals surface area (Å²) < 4.78 is 15.0. The molecule has 0 fully saturated rings. The smallest absolute Gasteiger partial charge is 0.337 e. The fourth-order valence-corrected chi connectivity index (χ4v) is 2.14. The highest BCUT2D eigenvalue weighted by Gasteiger charge is 2.08. The number of benzene rings is 2. The highest BCUT2D eigenvalue weighted by atomic mass is 16.5. The first kappa shape index (κ1) is 18.1. The molecule has 0 bridgehead atoms. The fourth-order valence-electron chi connectivity index (χ4n) is 2.14. The molecule has 7 nitrogen and oxygen atoms in total. The monoisotopic (exact) mass is 344 g/mol. The molecule has 1 amide bonds. The van der Waals surface area contributed by atoms with E-state index in [-0.39, 0.29) is 12.5 Å². The predicted octanol–water partition coefficient (Wildman–Crippen LogP) is 2.54. The highest BCUT2D eigenvalue weighted by Crippen LogP contribution is 2.29. The second-order valence-electron chi connectivity index (χ2n) is 5.04. The van der Waals surface area contributed by atoms with E-state index in [0.29, 0.717) is 22.7 Å². The van der Waals surface area contributed by atoms with Crippen molar-refractivity contribution in [1.29, 1.82) is 0 Å². The quantitative estimate of drug-likeness (QED) is 0.751. The number of hydrogen-bond acceptors (Lipinski definition) is 6. The maximum absolute atomic E-state index is 12.0. The molecule has 2 aromatic carbocycles. The van der Waals surface area contributed by atoms with Crippen molar-refractivity contribution < 1.29 is 23.8 Å². The average Bonchev–Trinajstić information content (AvgIpc) is 2.66. The van der Waals surface area contributed by atoms with E-state index in [2.05, 4.69) is 15.4 Å². The second kappa shape index (κ2) is 8.58. The lowest BCUT2D eigenvalue weighted by Crippen LogP contribution is -2.21. The van der Waals surface area contributed by atoms with Gasteiger partial charge in [0.25, 0.3) is 0 Å². The standard InChI is InChI=1S/C18H20N2O5/c1-23-15-9-8-14(10-16(15)24-2)20-17(21)11-19-13-6-4-12(5-7-13)18(22)25-3/h4-10,19H,11H2,1-3H3,(H,20,21). The van der Waals surface area contributed by atoms with Gasteiger partial charge in [0.05, 0.1) is 33.4 Å². The Balaban J connectivity index is 1.91. The Labute approximate surface area is 145 Å². The first-order valence-corrected chi connectivity index (χ1v) is 7.51. The van der Waals surface area contributed by atoms with Crippen molar-refractivity contribution in [2.24, 2.45) is 0 Å². The summed E-state index contributed by atoms with van der Waals surface area (Å²) >= 11 is 0. The summed E-state index contributed by atoms with van der Waals surface area (Å²) in [5.41, 5.74) is 1.77. The van der Waals surface area contributed by atoms with Gasteiger partial charge in [-0.25, -0.2) is 4.79 Å². The summed E-state index contributed by atoms with van der Waals surface area (Å²) in [7, 11) is 4.40. The van der Waals surface area contributed by atoms with Gasteiger partial charge in [-0.05, 0) is 36.4 Å². The normalized spacial score (nSPS) is 9.88. The average molecular weight is 344 g/mol. The number of carbonyl (C=O) groups excluding carboxylic acids is 2. The summed E-state index contributed by atoms with van der Waals surface area (Å²) in [6.45, 7) is 0.0753. The summed E-state index contributed by atoms with van der Waals surface area (Å²) in [6.07, 6.45) is 0. The zero-order valence-electron chi connectivity index (χ0n) is 14.3. The van der Waals surface area contributed by atoms with Gasteiger partial charge < -0.3 is 24.8 Å². The molecule has 25 heavy (non-hydrogen) atoms. The van der Waals surface area contributed by atoms with E-state index < -0.39 is 5.97 Å². The summed E-state index contributed by atoms with van der Waals surface area (Å²) in [5, 5.41) is 5.75. The molecule has 7 heteroatoms. The number of amides is 1. The molecule has 0 heterocycles. The molecule has 132 valence electrons. The molecular weight excluding hydrogens is 324 g/mol. The Morgan fingerprint density at radius 3 is 2.12 bits per heavy atom. The van der Waals surface area contributed by atoms with Crippen molar-refractivity contribution >= 4 is 23.3 Å². The van der Waals surface area contributed by atoms with Gasteiger partial charge in [-0.2, -0.15) is 0 Å². The molecule has 0 unspecified atom stereocenters. The lowest BCUT2D eigenvalue weighted by Gasteiger charge is -2.11. The largest absolute Gasteiger partial charge is 0.493 e. The highest BCUT2D eigenvalue weighted by molar-refractivity contribution is 5.94. The van der Waals surface area contributed by atoms with E-state index in [4.69, 9.17) is 9.47 Å². The molecule has 2 aromatic rings. The summed E-state index contributed by atoms with van der Waals surface area (Å²) in [5.74, 6) is 0.498. The van der Waals surface area contributed by atoms with E-state index >= 15 is 0 Å². The molecule has 0 spiro atoms. The summed E-state index contributed by atoms with van der Waals surface area (Å²) in [4.78, 5) is 23.4. The molecule has 0 saturated heterocycles. The van der Waals surface area contributed by atoms with Crippen LogP contribution in [0.4, 0.5) is 11.4 Å². The van der Waals surface area contributed by atoms with E-state index in [1.807, 2.05) is 0 Å². The Kier molecular flexibility index (Phi) is 6.22. The van der Waals surface area contributed by atoms with Crippen LogP contribution in [0.25, 0.3) is 0 Å². The van der Waals surface area contributed by atoms with Crippen LogP contribution in [0.15, 0.2) is 42.5 Å². The number of carbonyl (C=O) groups is 2. The van der Waals surface area contributed by atoms with E-state index in [0.717, 1.165) is 5.69 Å². The van der Waals surface area contributed by atoms with Gasteiger partial charge in [0, 0.05) is 17.4 Å². The van der Waals surface area contributed by atoms with Crippen LogP contribution in [0.2, 0.25) is 0 Å². The number of anilines is 2. The third-order valence-corrected chi connectivity index (χ3v) is 3.43. The van der Waals surface area contributed by atoms with Crippen LogP contribution < -0.4 is 20.1 Å². The summed E-state index contributed by atoms with van der Waals surface area (Å²) in [6, 6.07) is 11.8. The maximum Gasteiger partial charge on any atom is 0.337 e. The van der Waals surface area contributed by atoms with Crippen LogP contribution in [0.3, 0.4) is 0 Å². The molecule has 0 aliphatic heterocycles. The molecule has 2 rings (SSSR count). The first-order chi connectivity index (χ1) is 12.1. The fraction of sp³-hybridized carbons (Fsp3) is 0.222. The predicted molar refractivity (Wildman–Crippen MR) is 94.4 cm³/mol. The lowest BCUT2D eigenvalue weighted by molar-refractivity contribution is -0.114. The van der Waals surface area contributed by atoms with Crippen LogP contribution in [-0.2, 0) is 9.53 Å². The van der Waals surface area contributed by atoms with Gasteiger partial charge in [0.1, 0.15) is 0 Å². The Morgan fingerprint density at radius 2 is 1.52 bits per heavy atom. The number of esters is 1. The number of nitrogens with one attached hydrogen (secondary N) is 2. The minimum absolute atomic E-state index is 0.0753. The minimum Gasteiger partial charge on any atom is -0.493 e. The van der Waals surface area contributed by atoms with Gasteiger partial charge in [-0.15, -0.1) is 0 Å². The molecule has 0 radical (unpaired) electrons. The lowest BCUT2D eigenvalue weighted by atomic mass is 10.2. The van der Waals surface area contributed by atoms with E-state index in [1.165, 1.54) is 14.2 Å². The molecule has 0 aliphatic carbocycles. The van der Waals surface area contributed by atoms with Crippen molar-refractivity contribution in [1.82, 2.24) is 0 Å². The van der Waals surface area contributed by atoms with Crippen LogP contribution in [0.5, 0.6) is 11.5 Å². The van der Waals surface area contributed by atoms with E-state index in [9.17, 15) is 9.59 Å². The van der Waals surface area contributed by atoms with Crippen LogP contribution in [0.1, 0.15) is 10.4 Å². The van der Waals surface area contributed by atoms with Crippen molar-refractivity contribution in [3.05, 3.63) is 48.0 Å². The molecule has 0 saturated carbocycles. The van der Waals surface area contributed by atoms with Crippen molar-refractivity contribution in [2.45, 2.75) is 0 Å². The van der Waals surface area contributed by atoms with Crippen LogP contribution >= 0.6 is 0 Å². The Hall–Kier alpha value is -3.22. The Morgan fingerprint density at radius 1 is 0.880 bits per heavy atom. The van der Waals surface area contributed by atoms with Crippen LogP contribution in [-0.4, -0.2) is 39.8 Å². The van der Waals surface area contributed by atoms with Crippen molar-refractivity contribution in [3.8, 4) is 11.5 Å². The van der Waals surface area contributed by atoms with Gasteiger partial charge in [0.15, 0.2) is 11.5 Å². The minimum atomic E-state index is -0.405. The van der Waals surface area contributed by atoms with Crippen molar-refractivity contribution in [2.75, 3.05) is 38.5 Å². The number of ether oxygens (including phenoxy) is 3. The van der Waals surface area contributed by atoms with Gasteiger partial charge in [0.2, 0.25) is 5.91 Å². The maximum atomic E-state index is 12.0. The van der Waals surface area contributed by atoms with Gasteiger partial charge in [-0.1, -0.05) is 0 Å².